The summed E-state index contributed by atoms with van der Waals surface area (Å²) in [5, 5.41) is 3.40. The molecule has 0 unspecified atom stereocenters. The predicted octanol–water partition coefficient (Wildman–Crippen LogP) is 1.95. The van der Waals surface area contributed by atoms with Gasteiger partial charge in [0.25, 0.3) is 0 Å². The topological polar surface area (TPSA) is 45.7 Å². The Morgan fingerprint density at radius 1 is 1.33 bits per heavy atom. The van der Waals surface area contributed by atoms with Crippen LogP contribution in [0.2, 0.25) is 0 Å². The molecule has 0 N–H and O–H groups in total. The fourth-order valence-electron chi connectivity index (χ4n) is 2.41. The normalized spacial score (nSPS) is 17.3. The van der Waals surface area contributed by atoms with E-state index in [4.69, 9.17) is 4.98 Å². The lowest BCUT2D eigenvalue weighted by atomic mass is 10.2. The van der Waals surface area contributed by atoms with Gasteiger partial charge in [0.1, 0.15) is 0 Å². The van der Waals surface area contributed by atoms with Crippen molar-refractivity contribution in [1.29, 1.82) is 0 Å². The van der Waals surface area contributed by atoms with Gasteiger partial charge in [-0.25, -0.2) is 4.98 Å². The number of carbonyl (C=O) groups is 1. The van der Waals surface area contributed by atoms with Gasteiger partial charge in [-0.05, 0) is 0 Å². The summed E-state index contributed by atoms with van der Waals surface area (Å²) >= 11 is 1.76. The zero-order valence-corrected chi connectivity index (χ0v) is 14.0. The van der Waals surface area contributed by atoms with Crippen LogP contribution in [0, 0.1) is 0 Å². The molecular formula is C15H25N3O2S. The van der Waals surface area contributed by atoms with E-state index in [-0.39, 0.29) is 5.97 Å². The highest BCUT2D eigenvalue weighted by Crippen LogP contribution is 2.20. The standard InChI is InChI=1S/C15H25N3O2S/c1-12(2)15-16-13(11-21-15)10-18-8-6-17(7-9-18)5-4-14(19)20-3/h11-12H,4-10H2,1-3H3. The summed E-state index contributed by atoms with van der Waals surface area (Å²) in [5.41, 5.74) is 1.19. The highest BCUT2D eigenvalue weighted by Gasteiger charge is 2.18. The lowest BCUT2D eigenvalue weighted by molar-refractivity contribution is -0.141. The number of rotatable bonds is 6. The van der Waals surface area contributed by atoms with Crippen LogP contribution in [0.15, 0.2) is 5.38 Å². The molecule has 21 heavy (non-hydrogen) atoms. The smallest absolute Gasteiger partial charge is 0.306 e. The Labute approximate surface area is 130 Å². The van der Waals surface area contributed by atoms with E-state index in [1.807, 2.05) is 0 Å². The van der Waals surface area contributed by atoms with E-state index in [0.717, 1.165) is 39.3 Å². The summed E-state index contributed by atoms with van der Waals surface area (Å²) in [7, 11) is 1.44. The van der Waals surface area contributed by atoms with Gasteiger partial charge in [-0.2, -0.15) is 0 Å². The number of aromatic nitrogens is 1. The van der Waals surface area contributed by atoms with Gasteiger partial charge in [0.2, 0.25) is 0 Å². The van der Waals surface area contributed by atoms with Gasteiger partial charge in [0, 0.05) is 50.6 Å². The fraction of sp³-hybridized carbons (Fsp3) is 0.733. The molecule has 0 spiro atoms. The van der Waals surface area contributed by atoms with Crippen molar-refractivity contribution in [3.05, 3.63) is 16.1 Å². The second-order valence-corrected chi connectivity index (χ2v) is 6.67. The second kappa shape index (κ2) is 7.87. The van der Waals surface area contributed by atoms with E-state index in [9.17, 15) is 4.79 Å². The van der Waals surface area contributed by atoms with Crippen LogP contribution < -0.4 is 0 Å². The SMILES string of the molecule is COC(=O)CCN1CCN(Cc2csc(C(C)C)n2)CC1. The summed E-state index contributed by atoms with van der Waals surface area (Å²) in [6.07, 6.45) is 0.486. The van der Waals surface area contributed by atoms with Crippen LogP contribution in [0.3, 0.4) is 0 Å². The van der Waals surface area contributed by atoms with Crippen molar-refractivity contribution in [1.82, 2.24) is 14.8 Å². The number of piperazine rings is 1. The van der Waals surface area contributed by atoms with Crippen LogP contribution in [0.4, 0.5) is 0 Å². The second-order valence-electron chi connectivity index (χ2n) is 5.78. The Morgan fingerprint density at radius 2 is 2.00 bits per heavy atom. The highest BCUT2D eigenvalue weighted by molar-refractivity contribution is 7.09. The van der Waals surface area contributed by atoms with Crippen LogP contribution in [-0.4, -0.2) is 60.6 Å². The van der Waals surface area contributed by atoms with Crippen molar-refractivity contribution in [2.75, 3.05) is 39.8 Å². The van der Waals surface area contributed by atoms with Crippen molar-refractivity contribution in [2.24, 2.45) is 0 Å². The molecule has 0 radical (unpaired) electrons. The van der Waals surface area contributed by atoms with Gasteiger partial charge in [0.05, 0.1) is 24.2 Å². The Hall–Kier alpha value is -0.980. The van der Waals surface area contributed by atoms with Crippen LogP contribution in [0.1, 0.15) is 36.9 Å². The quantitative estimate of drug-likeness (QED) is 0.751. The van der Waals surface area contributed by atoms with E-state index in [2.05, 4.69) is 33.8 Å². The predicted molar refractivity (Wildman–Crippen MR) is 84.6 cm³/mol. The van der Waals surface area contributed by atoms with Crippen molar-refractivity contribution in [2.45, 2.75) is 32.7 Å². The Kier molecular flexibility index (Phi) is 6.14. The lowest BCUT2D eigenvalue weighted by Gasteiger charge is -2.34. The third-order valence-electron chi connectivity index (χ3n) is 3.77. The first-order valence-corrected chi connectivity index (χ1v) is 8.42. The summed E-state index contributed by atoms with van der Waals surface area (Å²) in [6, 6.07) is 0. The van der Waals surface area contributed by atoms with Crippen molar-refractivity contribution >= 4 is 17.3 Å². The molecule has 2 rings (SSSR count). The van der Waals surface area contributed by atoms with Crippen molar-refractivity contribution < 1.29 is 9.53 Å². The average Bonchev–Trinajstić information content (AvgIpc) is 2.95. The van der Waals surface area contributed by atoms with E-state index in [0.29, 0.717) is 12.3 Å². The van der Waals surface area contributed by atoms with E-state index >= 15 is 0 Å². The first-order valence-electron chi connectivity index (χ1n) is 7.54. The van der Waals surface area contributed by atoms with E-state index in [1.165, 1.54) is 17.8 Å². The third kappa shape index (κ3) is 5.05. The first-order chi connectivity index (χ1) is 10.1. The minimum Gasteiger partial charge on any atom is -0.469 e. The van der Waals surface area contributed by atoms with Crippen molar-refractivity contribution in [3.63, 3.8) is 0 Å². The molecule has 0 saturated carbocycles. The summed E-state index contributed by atoms with van der Waals surface area (Å²) in [5.74, 6) is 0.389. The van der Waals surface area contributed by atoms with Gasteiger partial charge < -0.3 is 9.64 Å². The molecule has 0 aromatic carbocycles. The zero-order chi connectivity index (χ0) is 15.2. The molecule has 1 aliphatic rings. The minimum atomic E-state index is -0.124. The minimum absolute atomic E-state index is 0.124. The summed E-state index contributed by atoms with van der Waals surface area (Å²) in [4.78, 5) is 20.6. The van der Waals surface area contributed by atoms with Crippen LogP contribution in [0.5, 0.6) is 0 Å². The molecule has 0 aliphatic carbocycles. The Balaban J connectivity index is 1.72. The highest BCUT2D eigenvalue weighted by atomic mass is 32.1. The summed E-state index contributed by atoms with van der Waals surface area (Å²) in [6.45, 7) is 10.2. The molecule has 1 saturated heterocycles. The maximum atomic E-state index is 11.2. The van der Waals surface area contributed by atoms with Gasteiger partial charge in [-0.1, -0.05) is 13.8 Å². The van der Waals surface area contributed by atoms with Crippen LogP contribution >= 0.6 is 11.3 Å². The van der Waals surface area contributed by atoms with Crippen LogP contribution in [-0.2, 0) is 16.1 Å². The largest absolute Gasteiger partial charge is 0.469 e. The monoisotopic (exact) mass is 311 g/mol. The molecule has 0 atom stereocenters. The Bertz CT molecular complexity index is 454. The van der Waals surface area contributed by atoms with Gasteiger partial charge in [0.15, 0.2) is 0 Å². The van der Waals surface area contributed by atoms with E-state index < -0.39 is 0 Å². The molecule has 1 aliphatic heterocycles. The molecule has 1 aromatic heterocycles. The maximum absolute atomic E-state index is 11.2. The number of hydrogen-bond donors (Lipinski definition) is 0. The van der Waals surface area contributed by atoms with E-state index in [1.54, 1.807) is 11.3 Å². The van der Waals surface area contributed by atoms with Gasteiger partial charge in [-0.15, -0.1) is 11.3 Å². The number of esters is 1. The zero-order valence-electron chi connectivity index (χ0n) is 13.2. The van der Waals surface area contributed by atoms with Gasteiger partial charge in [-0.3, -0.25) is 9.69 Å². The average molecular weight is 311 g/mol. The number of ether oxygens (including phenoxy) is 1. The molecule has 2 heterocycles. The number of carbonyl (C=O) groups excluding carboxylic acids is 1. The van der Waals surface area contributed by atoms with Crippen molar-refractivity contribution in [3.8, 4) is 0 Å². The first kappa shape index (κ1) is 16.4. The molecule has 118 valence electrons. The molecule has 1 fully saturated rings. The number of nitrogens with zero attached hydrogens (tertiary/aromatic N) is 3. The van der Waals surface area contributed by atoms with Crippen LogP contribution in [0.25, 0.3) is 0 Å². The number of hydrogen-bond acceptors (Lipinski definition) is 6. The lowest BCUT2D eigenvalue weighted by Crippen LogP contribution is -2.46. The molecule has 0 amide bonds. The molecule has 1 aromatic rings. The van der Waals surface area contributed by atoms with Gasteiger partial charge >= 0.3 is 5.97 Å². The summed E-state index contributed by atoms with van der Waals surface area (Å²) < 4.78 is 4.68. The number of methoxy groups -OCH3 is 1. The Morgan fingerprint density at radius 3 is 2.57 bits per heavy atom. The molecular weight excluding hydrogens is 286 g/mol. The molecule has 6 heteroatoms. The molecule has 5 nitrogen and oxygen atoms in total. The third-order valence-corrected chi connectivity index (χ3v) is 4.97. The molecule has 0 bridgehead atoms. The maximum Gasteiger partial charge on any atom is 0.306 e. The fourth-order valence-corrected chi connectivity index (χ4v) is 3.24. The number of thiazole rings is 1.